The number of amides is 1. The van der Waals surface area contributed by atoms with E-state index in [0.29, 0.717) is 76.4 Å². The molecular formula is C31H43N7O6. The first-order chi connectivity index (χ1) is 21.6. The molecule has 0 unspecified atom stereocenters. The number of hydrogen-bond donors (Lipinski definition) is 3. The summed E-state index contributed by atoms with van der Waals surface area (Å²) in [5.74, 6) is 2.13. The van der Waals surface area contributed by atoms with Gasteiger partial charge in [-0.05, 0) is 44.7 Å². The van der Waals surface area contributed by atoms with E-state index in [1.54, 1.807) is 7.11 Å². The normalized spacial score (nSPS) is 17.0. The zero-order valence-electron chi connectivity index (χ0n) is 25.5. The van der Waals surface area contributed by atoms with Crippen LogP contribution in [0.3, 0.4) is 0 Å². The number of fused-ring (bicyclic) bond motifs is 2. The molecule has 13 heteroatoms. The summed E-state index contributed by atoms with van der Waals surface area (Å²) < 4.78 is 29.0. The largest absolute Gasteiger partial charge is 0.495 e. The molecule has 1 aromatic carbocycles. The summed E-state index contributed by atoms with van der Waals surface area (Å²) in [5.41, 5.74) is 9.42. The maximum atomic E-state index is 12.8. The lowest BCUT2D eigenvalue weighted by molar-refractivity contribution is -0.126. The molecular weight excluding hydrogens is 566 g/mol. The van der Waals surface area contributed by atoms with Gasteiger partial charge in [0.1, 0.15) is 29.1 Å². The van der Waals surface area contributed by atoms with Crippen molar-refractivity contribution in [2.24, 2.45) is 5.92 Å². The topological polar surface area (TPSA) is 160 Å². The van der Waals surface area contributed by atoms with E-state index in [0.717, 1.165) is 53.9 Å². The first-order valence-electron chi connectivity index (χ1n) is 15.3. The van der Waals surface area contributed by atoms with Crippen molar-refractivity contribution in [2.45, 2.75) is 38.5 Å². The highest BCUT2D eigenvalue weighted by molar-refractivity contribution is 5.93. The van der Waals surface area contributed by atoms with Crippen LogP contribution < -0.4 is 15.8 Å². The number of carbonyl (C=O) groups is 1. The van der Waals surface area contributed by atoms with Crippen molar-refractivity contribution in [3.8, 4) is 17.1 Å². The number of aromatic amines is 1. The molecule has 0 bridgehead atoms. The monoisotopic (exact) mass is 609 g/mol. The third-order valence-corrected chi connectivity index (χ3v) is 7.91. The number of benzene rings is 1. The van der Waals surface area contributed by atoms with Gasteiger partial charge in [-0.2, -0.15) is 5.10 Å². The highest BCUT2D eigenvalue weighted by Crippen LogP contribution is 2.39. The molecule has 1 aliphatic rings. The van der Waals surface area contributed by atoms with Gasteiger partial charge < -0.3 is 39.7 Å². The second-order valence-electron chi connectivity index (χ2n) is 10.7. The van der Waals surface area contributed by atoms with Gasteiger partial charge in [0.05, 0.1) is 64.6 Å². The summed E-state index contributed by atoms with van der Waals surface area (Å²) in [4.78, 5) is 25.6. The molecule has 1 saturated carbocycles. The quantitative estimate of drug-likeness (QED) is 0.152. The molecule has 1 amide bonds. The Morgan fingerprint density at radius 3 is 2.43 bits per heavy atom. The molecule has 5 rings (SSSR count). The molecule has 0 aliphatic heterocycles. The van der Waals surface area contributed by atoms with Gasteiger partial charge in [0.2, 0.25) is 5.91 Å². The summed E-state index contributed by atoms with van der Waals surface area (Å²) in [6, 6.07) is 7.93. The van der Waals surface area contributed by atoms with Crippen molar-refractivity contribution in [1.29, 1.82) is 0 Å². The van der Waals surface area contributed by atoms with Crippen molar-refractivity contribution in [3.63, 3.8) is 0 Å². The van der Waals surface area contributed by atoms with Gasteiger partial charge in [-0.1, -0.05) is 12.1 Å². The lowest BCUT2D eigenvalue weighted by Crippen LogP contribution is -2.35. The number of anilines is 1. The SMILES string of the molecule is CCOCCOCCOCCOCCNC(=O)[C@H]1CC[C@H](c2nc(-c3cc4cccc(OC)c4[nH]3)c3c(N)ncnn32)CC1. The average Bonchev–Trinajstić information content (AvgIpc) is 3.66. The van der Waals surface area contributed by atoms with Crippen molar-refractivity contribution < 1.29 is 28.5 Å². The molecule has 4 aromatic rings. The molecule has 3 aromatic heterocycles. The molecule has 1 fully saturated rings. The smallest absolute Gasteiger partial charge is 0.223 e. The summed E-state index contributed by atoms with van der Waals surface area (Å²) >= 11 is 0. The molecule has 0 atom stereocenters. The Balaban J connectivity index is 1.09. The van der Waals surface area contributed by atoms with E-state index < -0.39 is 0 Å². The molecule has 3 heterocycles. The summed E-state index contributed by atoms with van der Waals surface area (Å²) in [6.45, 7) is 6.75. The number of nitrogens with one attached hydrogen (secondary N) is 2. The van der Waals surface area contributed by atoms with Gasteiger partial charge in [0.25, 0.3) is 0 Å². The number of nitrogens with zero attached hydrogens (tertiary/aromatic N) is 4. The lowest BCUT2D eigenvalue weighted by atomic mass is 9.81. The van der Waals surface area contributed by atoms with Crippen LogP contribution in [0.4, 0.5) is 5.82 Å². The number of nitrogens with two attached hydrogens (primary N) is 1. The molecule has 0 spiro atoms. The summed E-state index contributed by atoms with van der Waals surface area (Å²) in [7, 11) is 1.65. The minimum atomic E-state index is -0.0381. The van der Waals surface area contributed by atoms with Crippen molar-refractivity contribution in [2.75, 3.05) is 72.2 Å². The molecule has 0 saturated heterocycles. The third-order valence-electron chi connectivity index (χ3n) is 7.91. The third kappa shape index (κ3) is 7.65. The number of hydrogen-bond acceptors (Lipinski definition) is 10. The highest BCUT2D eigenvalue weighted by Gasteiger charge is 2.31. The van der Waals surface area contributed by atoms with Gasteiger partial charge in [0, 0.05) is 30.4 Å². The van der Waals surface area contributed by atoms with Gasteiger partial charge in [-0.3, -0.25) is 4.79 Å². The number of nitrogen functional groups attached to an aromatic ring is 1. The van der Waals surface area contributed by atoms with E-state index in [4.69, 9.17) is 34.4 Å². The zero-order valence-corrected chi connectivity index (χ0v) is 25.5. The lowest BCUT2D eigenvalue weighted by Gasteiger charge is -2.26. The summed E-state index contributed by atoms with van der Waals surface area (Å²) in [6.07, 6.45) is 4.64. The predicted molar refractivity (Wildman–Crippen MR) is 166 cm³/mol. The molecule has 4 N–H and O–H groups in total. The minimum absolute atomic E-state index is 0.0381. The van der Waals surface area contributed by atoms with Crippen LogP contribution in [0.1, 0.15) is 44.3 Å². The number of H-pyrrole nitrogens is 1. The minimum Gasteiger partial charge on any atom is -0.495 e. The van der Waals surface area contributed by atoms with Crippen LogP contribution in [-0.2, 0) is 23.7 Å². The van der Waals surface area contributed by atoms with Crippen molar-refractivity contribution >= 4 is 28.1 Å². The number of aromatic nitrogens is 5. The molecule has 238 valence electrons. The predicted octanol–water partition coefficient (Wildman–Crippen LogP) is 3.34. The van der Waals surface area contributed by atoms with Gasteiger partial charge in [-0.15, -0.1) is 0 Å². The molecule has 13 nitrogen and oxygen atoms in total. The Bertz CT molecular complexity index is 1500. The van der Waals surface area contributed by atoms with E-state index in [-0.39, 0.29) is 17.7 Å². The standard InChI is InChI=1S/C31H43N7O6/c1-3-41-13-14-43-17-18-44-16-15-42-12-11-33-31(39)22-9-7-21(8-10-22)30-37-27(28-29(32)34-20-35-38(28)30)24-19-23-5-4-6-25(40-2)26(23)36-24/h4-6,19-22,36H,3,7-18H2,1-2H3,(H,33,39)(H2,32,34,35)/t21-,22-. The second kappa shape index (κ2) is 15.8. The Hall–Kier alpha value is -3.78. The van der Waals surface area contributed by atoms with E-state index in [9.17, 15) is 4.79 Å². The van der Waals surface area contributed by atoms with Crippen LogP contribution in [0, 0.1) is 5.92 Å². The molecule has 44 heavy (non-hydrogen) atoms. The number of methoxy groups -OCH3 is 1. The van der Waals surface area contributed by atoms with Crippen LogP contribution in [0.2, 0.25) is 0 Å². The van der Waals surface area contributed by atoms with Crippen LogP contribution in [-0.4, -0.2) is 97.0 Å². The zero-order chi connectivity index (χ0) is 30.7. The first kappa shape index (κ1) is 31.6. The van der Waals surface area contributed by atoms with Gasteiger partial charge >= 0.3 is 0 Å². The van der Waals surface area contributed by atoms with E-state index in [1.807, 2.05) is 35.7 Å². The fourth-order valence-electron chi connectivity index (χ4n) is 5.66. The van der Waals surface area contributed by atoms with E-state index in [2.05, 4.69) is 20.4 Å². The van der Waals surface area contributed by atoms with Gasteiger partial charge in [0.15, 0.2) is 5.82 Å². The maximum Gasteiger partial charge on any atom is 0.223 e. The van der Waals surface area contributed by atoms with Crippen molar-refractivity contribution in [1.82, 2.24) is 29.9 Å². The van der Waals surface area contributed by atoms with E-state index in [1.165, 1.54) is 6.33 Å². The Labute approximate surface area is 256 Å². The Kier molecular flexibility index (Phi) is 11.4. The fourth-order valence-corrected chi connectivity index (χ4v) is 5.66. The summed E-state index contributed by atoms with van der Waals surface area (Å²) in [5, 5.41) is 8.55. The van der Waals surface area contributed by atoms with Crippen LogP contribution in [0.15, 0.2) is 30.6 Å². The van der Waals surface area contributed by atoms with Crippen LogP contribution in [0.25, 0.3) is 27.8 Å². The first-order valence-corrected chi connectivity index (χ1v) is 15.3. The average molecular weight is 610 g/mol. The highest BCUT2D eigenvalue weighted by atomic mass is 16.6. The van der Waals surface area contributed by atoms with E-state index >= 15 is 0 Å². The van der Waals surface area contributed by atoms with Crippen molar-refractivity contribution in [3.05, 3.63) is 36.4 Å². The van der Waals surface area contributed by atoms with Crippen LogP contribution in [0.5, 0.6) is 5.75 Å². The Morgan fingerprint density at radius 1 is 1.02 bits per heavy atom. The second-order valence-corrected chi connectivity index (χ2v) is 10.7. The number of ether oxygens (including phenoxy) is 5. The molecule has 0 radical (unpaired) electrons. The maximum absolute atomic E-state index is 12.8. The number of para-hydroxylation sites is 1. The number of rotatable bonds is 17. The molecule has 1 aliphatic carbocycles. The Morgan fingerprint density at radius 2 is 1.73 bits per heavy atom. The fraction of sp³-hybridized carbons (Fsp3) is 0.548. The van der Waals surface area contributed by atoms with Crippen LogP contribution >= 0.6 is 0 Å². The number of imidazole rings is 1. The number of carbonyl (C=O) groups excluding carboxylic acids is 1. The van der Waals surface area contributed by atoms with Gasteiger partial charge in [-0.25, -0.2) is 14.5 Å².